The molecular formula is C24H33F2N4O8P. The number of hydrogen-bond acceptors (Lipinski definition) is 10. The number of rotatable bonds is 11. The van der Waals surface area contributed by atoms with Crippen LogP contribution in [-0.4, -0.2) is 62.9 Å². The largest absolute Gasteiger partial charge is 0.462 e. The summed E-state index contributed by atoms with van der Waals surface area (Å²) in [6.07, 6.45) is -5.25. The number of aliphatic hydroxyl groups excluding tert-OH is 1. The molecule has 0 saturated carbocycles. The molecule has 15 heteroatoms. The summed E-state index contributed by atoms with van der Waals surface area (Å²) in [5.41, 5.74) is -0.528. The summed E-state index contributed by atoms with van der Waals surface area (Å²) >= 11 is 0. The van der Waals surface area contributed by atoms with E-state index in [1.165, 1.54) is 39.0 Å². The number of nitrogen functional groups attached to an aromatic ring is 1. The van der Waals surface area contributed by atoms with Crippen LogP contribution in [0.1, 0.15) is 40.8 Å². The first kappa shape index (κ1) is 30.6. The van der Waals surface area contributed by atoms with E-state index in [4.69, 9.17) is 24.3 Å². The molecule has 1 aromatic heterocycles. The Morgan fingerprint density at radius 2 is 1.95 bits per heavy atom. The second-order valence-corrected chi connectivity index (χ2v) is 11.5. The van der Waals surface area contributed by atoms with E-state index in [-0.39, 0.29) is 11.6 Å². The average molecular weight is 575 g/mol. The van der Waals surface area contributed by atoms with Gasteiger partial charge in [0.15, 0.2) is 6.23 Å². The molecule has 39 heavy (non-hydrogen) atoms. The Balaban J connectivity index is 1.95. The van der Waals surface area contributed by atoms with Crippen LogP contribution in [0.5, 0.6) is 5.75 Å². The molecule has 12 nitrogen and oxygen atoms in total. The van der Waals surface area contributed by atoms with Crippen LogP contribution in [0.15, 0.2) is 47.4 Å². The van der Waals surface area contributed by atoms with E-state index < -0.39 is 67.9 Å². The lowest BCUT2D eigenvalue weighted by atomic mass is 9.89. The molecule has 1 saturated heterocycles. The van der Waals surface area contributed by atoms with Gasteiger partial charge in [-0.1, -0.05) is 18.2 Å². The molecule has 1 fully saturated rings. The summed E-state index contributed by atoms with van der Waals surface area (Å²) in [6.45, 7) is 5.49. The third-order valence-electron chi connectivity index (χ3n) is 5.84. The Bertz CT molecular complexity index is 1260. The first-order valence-electron chi connectivity index (χ1n) is 12.1. The standard InChI is InChI=1S/C24H33F2N4O8P/c1-14(2)35-20(32)15(3)29-39(34,37-16-9-7-6-8-10-16)38-23(4,5)19-18(31)24(26,13-25)21(36-19)30-12-11-17(27)28-22(30)33/h6-12,14-15,18-19,21,31H,13H2,1-5H3,(H,29,34)(H2,27,28,33)/t15-,18?,19-,21+,24+,39?/m0/s1. The van der Waals surface area contributed by atoms with Crippen LogP contribution >= 0.6 is 7.75 Å². The van der Waals surface area contributed by atoms with Gasteiger partial charge in [0.05, 0.1) is 6.10 Å². The Morgan fingerprint density at radius 1 is 1.31 bits per heavy atom. The molecular weight excluding hydrogens is 541 g/mol. The molecule has 2 unspecified atom stereocenters. The van der Waals surface area contributed by atoms with Crippen LogP contribution in [0.3, 0.4) is 0 Å². The van der Waals surface area contributed by atoms with Crippen LogP contribution in [0.4, 0.5) is 14.6 Å². The van der Waals surface area contributed by atoms with E-state index in [2.05, 4.69) is 10.1 Å². The minimum absolute atomic E-state index is 0.0995. The fourth-order valence-electron chi connectivity index (χ4n) is 3.99. The maximum Gasteiger partial charge on any atom is 0.460 e. The van der Waals surface area contributed by atoms with Crippen molar-refractivity contribution in [3.8, 4) is 5.75 Å². The van der Waals surface area contributed by atoms with Crippen molar-refractivity contribution in [3.05, 3.63) is 53.1 Å². The van der Waals surface area contributed by atoms with E-state index in [1.807, 2.05) is 0 Å². The number of para-hydroxylation sites is 1. The zero-order chi connectivity index (χ0) is 29.2. The summed E-state index contributed by atoms with van der Waals surface area (Å²) in [5, 5.41) is 13.4. The minimum Gasteiger partial charge on any atom is -0.462 e. The number of alkyl halides is 2. The maximum absolute atomic E-state index is 15.9. The van der Waals surface area contributed by atoms with E-state index in [9.17, 15) is 23.7 Å². The van der Waals surface area contributed by atoms with E-state index in [1.54, 1.807) is 32.0 Å². The van der Waals surface area contributed by atoms with Gasteiger partial charge in [-0.15, -0.1) is 0 Å². The van der Waals surface area contributed by atoms with Gasteiger partial charge in [-0.25, -0.2) is 18.1 Å². The van der Waals surface area contributed by atoms with Gasteiger partial charge >= 0.3 is 19.4 Å². The highest BCUT2D eigenvalue weighted by molar-refractivity contribution is 7.52. The molecule has 2 heterocycles. The second kappa shape index (κ2) is 11.7. The summed E-state index contributed by atoms with van der Waals surface area (Å²) in [5.74, 6) is -0.812. The van der Waals surface area contributed by atoms with Crippen molar-refractivity contribution >= 4 is 19.5 Å². The fraction of sp³-hybridized carbons (Fsp3) is 0.542. The van der Waals surface area contributed by atoms with Crippen molar-refractivity contribution in [2.45, 2.75) is 76.5 Å². The Labute approximate surface area is 224 Å². The van der Waals surface area contributed by atoms with Crippen molar-refractivity contribution < 1.29 is 41.8 Å². The number of benzene rings is 1. The maximum atomic E-state index is 15.9. The van der Waals surface area contributed by atoms with Gasteiger partial charge in [0.1, 0.15) is 42.1 Å². The predicted octanol–water partition coefficient (Wildman–Crippen LogP) is 2.67. The second-order valence-electron chi connectivity index (χ2n) is 9.89. The molecule has 0 amide bonds. The number of ether oxygens (including phenoxy) is 2. The van der Waals surface area contributed by atoms with Crippen LogP contribution in [0.25, 0.3) is 0 Å². The van der Waals surface area contributed by atoms with Gasteiger partial charge in [-0.05, 0) is 52.8 Å². The third-order valence-corrected chi connectivity index (χ3v) is 7.71. The molecule has 6 atom stereocenters. The molecule has 1 aliphatic heterocycles. The Hall–Kier alpha value is -2.90. The average Bonchev–Trinajstić information content (AvgIpc) is 3.10. The van der Waals surface area contributed by atoms with Gasteiger partial charge in [0, 0.05) is 6.20 Å². The quantitative estimate of drug-likeness (QED) is 0.267. The molecule has 0 spiro atoms. The minimum atomic E-state index is -4.51. The highest BCUT2D eigenvalue weighted by atomic mass is 31.2. The van der Waals surface area contributed by atoms with Gasteiger partial charge in [-0.2, -0.15) is 10.1 Å². The lowest BCUT2D eigenvalue weighted by molar-refractivity contribution is -0.149. The van der Waals surface area contributed by atoms with Crippen molar-refractivity contribution in [1.29, 1.82) is 0 Å². The number of nitrogens with one attached hydrogen (secondary N) is 1. The smallest absolute Gasteiger partial charge is 0.460 e. The summed E-state index contributed by atoms with van der Waals surface area (Å²) in [6, 6.07) is 7.84. The Morgan fingerprint density at radius 3 is 2.51 bits per heavy atom. The number of aromatic nitrogens is 2. The number of nitrogens with zero attached hydrogens (tertiary/aromatic N) is 2. The highest BCUT2D eigenvalue weighted by Crippen LogP contribution is 2.53. The van der Waals surface area contributed by atoms with Crippen molar-refractivity contribution in [2.75, 3.05) is 12.4 Å². The SMILES string of the molecule is CC(C)OC(=O)[C@H](C)NP(=O)(Oc1ccccc1)OC(C)(C)[C@H]1O[C@@H](n2ccc(N)nc2=O)[C@@](F)(CF)C1O. The van der Waals surface area contributed by atoms with Gasteiger partial charge in [-0.3, -0.25) is 13.9 Å². The molecule has 1 aromatic carbocycles. The van der Waals surface area contributed by atoms with E-state index in [0.717, 1.165) is 6.20 Å². The van der Waals surface area contributed by atoms with Crippen molar-refractivity contribution in [1.82, 2.24) is 14.6 Å². The lowest BCUT2D eigenvalue weighted by Gasteiger charge is -2.36. The summed E-state index contributed by atoms with van der Waals surface area (Å²) < 4.78 is 66.8. The first-order chi connectivity index (χ1) is 18.1. The third kappa shape index (κ3) is 6.82. The molecule has 2 aromatic rings. The van der Waals surface area contributed by atoms with E-state index in [0.29, 0.717) is 4.57 Å². The molecule has 0 aliphatic carbocycles. The van der Waals surface area contributed by atoms with Crippen LogP contribution < -0.4 is 21.0 Å². The summed E-state index contributed by atoms with van der Waals surface area (Å²) in [4.78, 5) is 28.3. The van der Waals surface area contributed by atoms with Crippen molar-refractivity contribution in [3.63, 3.8) is 0 Å². The van der Waals surface area contributed by atoms with Crippen LogP contribution in [0.2, 0.25) is 0 Å². The van der Waals surface area contributed by atoms with Crippen LogP contribution in [-0.2, 0) is 23.4 Å². The van der Waals surface area contributed by atoms with Gasteiger partial charge in [0.25, 0.3) is 0 Å². The molecule has 4 N–H and O–H groups in total. The normalized spacial score (nSPS) is 25.7. The van der Waals surface area contributed by atoms with E-state index >= 15 is 4.39 Å². The lowest BCUT2D eigenvalue weighted by Crippen LogP contribution is -2.52. The number of halogens is 2. The number of nitrogens with two attached hydrogens (primary N) is 1. The number of carbonyl (C=O) groups excluding carboxylic acids is 1. The zero-order valence-corrected chi connectivity index (χ0v) is 23.0. The van der Waals surface area contributed by atoms with Crippen molar-refractivity contribution in [2.24, 2.45) is 0 Å². The monoisotopic (exact) mass is 574 g/mol. The van der Waals surface area contributed by atoms with Gasteiger partial charge in [0.2, 0.25) is 5.67 Å². The highest BCUT2D eigenvalue weighted by Gasteiger charge is 2.63. The molecule has 1 aliphatic rings. The number of anilines is 1. The molecule has 0 bridgehead atoms. The zero-order valence-electron chi connectivity index (χ0n) is 22.1. The predicted molar refractivity (Wildman–Crippen MR) is 136 cm³/mol. The number of hydrogen-bond donors (Lipinski definition) is 3. The number of carbonyl (C=O) groups is 1. The number of esters is 1. The van der Waals surface area contributed by atoms with Gasteiger partial charge < -0.3 is 24.8 Å². The fourth-order valence-corrected chi connectivity index (χ4v) is 5.84. The molecule has 216 valence electrons. The first-order valence-corrected chi connectivity index (χ1v) is 13.6. The molecule has 3 rings (SSSR count). The molecule has 0 radical (unpaired) electrons. The summed E-state index contributed by atoms with van der Waals surface area (Å²) in [7, 11) is -4.51. The van der Waals surface area contributed by atoms with Crippen LogP contribution in [0, 0.1) is 0 Å². The Kier molecular flexibility index (Phi) is 9.18. The topological polar surface area (TPSA) is 164 Å². The number of aliphatic hydroxyl groups is 1.